The molecule has 0 bridgehead atoms. The van der Waals surface area contributed by atoms with Crippen LogP contribution in [-0.4, -0.2) is 42.6 Å². The van der Waals surface area contributed by atoms with Crippen LogP contribution in [0.25, 0.3) is 0 Å². The van der Waals surface area contributed by atoms with Crippen LogP contribution in [0.15, 0.2) is 18.5 Å². The Hall–Kier alpha value is -1.66. The van der Waals surface area contributed by atoms with Gasteiger partial charge in [0.25, 0.3) is 5.91 Å². The molecule has 1 saturated heterocycles. The molecule has 0 saturated carbocycles. The summed E-state index contributed by atoms with van der Waals surface area (Å²) in [5, 5.41) is 0. The third-order valence-corrected chi connectivity index (χ3v) is 3.43. The molecular formula is C13H20N4O2. The van der Waals surface area contributed by atoms with E-state index in [9.17, 15) is 4.79 Å². The number of nitrogens with zero attached hydrogens (tertiary/aromatic N) is 2. The quantitative estimate of drug-likeness (QED) is 0.623. The molecule has 1 fully saturated rings. The highest BCUT2D eigenvalue weighted by Gasteiger charge is 2.21. The zero-order valence-electron chi connectivity index (χ0n) is 11.1. The first-order valence-electron chi connectivity index (χ1n) is 6.46. The average molecular weight is 264 g/mol. The van der Waals surface area contributed by atoms with E-state index in [1.165, 1.54) is 6.20 Å². The third kappa shape index (κ3) is 3.42. The summed E-state index contributed by atoms with van der Waals surface area (Å²) in [7, 11) is 1.81. The molecular weight excluding hydrogens is 244 g/mol. The number of hydrazine groups is 1. The van der Waals surface area contributed by atoms with Crippen molar-refractivity contribution in [2.45, 2.75) is 12.8 Å². The normalized spacial score (nSPS) is 16.1. The summed E-state index contributed by atoms with van der Waals surface area (Å²) in [5.74, 6) is 5.85. The molecule has 19 heavy (non-hydrogen) atoms. The lowest BCUT2D eigenvalue weighted by Crippen LogP contribution is -2.34. The molecule has 2 heterocycles. The van der Waals surface area contributed by atoms with Crippen LogP contribution in [0.1, 0.15) is 23.2 Å². The lowest BCUT2D eigenvalue weighted by molar-refractivity contribution is 0.0497. The fourth-order valence-electron chi connectivity index (χ4n) is 2.30. The van der Waals surface area contributed by atoms with Crippen LogP contribution in [0.2, 0.25) is 0 Å². The smallest absolute Gasteiger partial charge is 0.257 e. The number of nitrogen functional groups attached to an aromatic ring is 1. The number of amides is 1. The van der Waals surface area contributed by atoms with E-state index in [4.69, 9.17) is 10.6 Å². The fraction of sp³-hybridized carbons (Fsp3) is 0.538. The van der Waals surface area contributed by atoms with Crippen LogP contribution in [0, 0.1) is 5.92 Å². The number of hydrogen-bond donors (Lipinski definition) is 2. The van der Waals surface area contributed by atoms with Crippen molar-refractivity contribution in [1.29, 1.82) is 0 Å². The number of anilines is 1. The minimum absolute atomic E-state index is 0.0625. The molecule has 2 rings (SSSR count). The number of carbonyl (C=O) groups is 1. The lowest BCUT2D eigenvalue weighted by atomic mass is 9.99. The van der Waals surface area contributed by atoms with E-state index in [1.54, 1.807) is 17.2 Å². The second kappa shape index (κ2) is 6.49. The molecule has 1 aromatic heterocycles. The predicted molar refractivity (Wildman–Crippen MR) is 72.6 cm³/mol. The standard InChI is InChI=1S/C13H20N4O2/c1-17(9-10-3-6-19-7-4-10)13(18)11-8-15-5-2-12(11)16-14/h2,5,8,10H,3-4,6-7,9,14H2,1H3,(H,15,16). The summed E-state index contributed by atoms with van der Waals surface area (Å²) in [5.41, 5.74) is 3.62. The molecule has 0 atom stereocenters. The fourth-order valence-corrected chi connectivity index (χ4v) is 2.30. The van der Waals surface area contributed by atoms with Crippen molar-refractivity contribution in [1.82, 2.24) is 9.88 Å². The molecule has 1 aliphatic heterocycles. The van der Waals surface area contributed by atoms with Crippen LogP contribution in [-0.2, 0) is 4.74 Å². The number of carbonyl (C=O) groups excluding carboxylic acids is 1. The molecule has 0 unspecified atom stereocenters. The van der Waals surface area contributed by atoms with Crippen molar-refractivity contribution in [2.75, 3.05) is 32.2 Å². The van der Waals surface area contributed by atoms with Gasteiger partial charge in [-0.2, -0.15) is 0 Å². The number of pyridine rings is 1. The van der Waals surface area contributed by atoms with Gasteiger partial charge >= 0.3 is 0 Å². The Morgan fingerprint density at radius 1 is 1.58 bits per heavy atom. The summed E-state index contributed by atoms with van der Waals surface area (Å²) in [4.78, 5) is 18.1. The molecule has 0 radical (unpaired) electrons. The Balaban J connectivity index is 2.01. The van der Waals surface area contributed by atoms with Gasteiger partial charge in [0.1, 0.15) is 0 Å². The van der Waals surface area contributed by atoms with Crippen molar-refractivity contribution in [3.05, 3.63) is 24.0 Å². The first kappa shape index (κ1) is 13.8. The van der Waals surface area contributed by atoms with Gasteiger partial charge in [0, 0.05) is 39.2 Å². The van der Waals surface area contributed by atoms with Gasteiger partial charge in [-0.05, 0) is 24.8 Å². The molecule has 3 N–H and O–H groups in total. The SMILES string of the molecule is CN(CC1CCOCC1)C(=O)c1cnccc1NN. The molecule has 6 heteroatoms. The summed E-state index contributed by atoms with van der Waals surface area (Å²) < 4.78 is 5.32. The van der Waals surface area contributed by atoms with Gasteiger partial charge in [-0.1, -0.05) is 0 Å². The van der Waals surface area contributed by atoms with Gasteiger partial charge in [0.05, 0.1) is 11.3 Å². The van der Waals surface area contributed by atoms with Gasteiger partial charge in [-0.3, -0.25) is 15.6 Å². The van der Waals surface area contributed by atoms with Crippen molar-refractivity contribution >= 4 is 11.6 Å². The Morgan fingerprint density at radius 3 is 3.00 bits per heavy atom. The average Bonchev–Trinajstić information content (AvgIpc) is 2.47. The van der Waals surface area contributed by atoms with Gasteiger partial charge in [-0.15, -0.1) is 0 Å². The topological polar surface area (TPSA) is 80.5 Å². The van der Waals surface area contributed by atoms with E-state index >= 15 is 0 Å². The van der Waals surface area contributed by atoms with Crippen molar-refractivity contribution < 1.29 is 9.53 Å². The maximum absolute atomic E-state index is 12.4. The number of nitrogens with two attached hydrogens (primary N) is 1. The number of rotatable bonds is 4. The largest absolute Gasteiger partial charge is 0.381 e. The van der Waals surface area contributed by atoms with Crippen molar-refractivity contribution in [2.24, 2.45) is 11.8 Å². The summed E-state index contributed by atoms with van der Waals surface area (Å²) in [6.45, 7) is 2.31. The summed E-state index contributed by atoms with van der Waals surface area (Å²) in [6.07, 6.45) is 5.15. The molecule has 1 aliphatic rings. The van der Waals surface area contributed by atoms with Crippen molar-refractivity contribution in [3.63, 3.8) is 0 Å². The lowest BCUT2D eigenvalue weighted by Gasteiger charge is -2.27. The maximum Gasteiger partial charge on any atom is 0.257 e. The zero-order chi connectivity index (χ0) is 13.7. The Morgan fingerprint density at radius 2 is 2.32 bits per heavy atom. The number of ether oxygens (including phenoxy) is 1. The molecule has 0 spiro atoms. The number of hydrogen-bond acceptors (Lipinski definition) is 5. The van der Waals surface area contributed by atoms with E-state index in [0.29, 0.717) is 17.2 Å². The number of nitrogens with one attached hydrogen (secondary N) is 1. The van der Waals surface area contributed by atoms with E-state index in [0.717, 1.165) is 32.6 Å². The molecule has 0 aliphatic carbocycles. The molecule has 104 valence electrons. The molecule has 1 aromatic rings. The minimum Gasteiger partial charge on any atom is -0.381 e. The van der Waals surface area contributed by atoms with E-state index in [-0.39, 0.29) is 5.91 Å². The van der Waals surface area contributed by atoms with Crippen LogP contribution in [0.4, 0.5) is 5.69 Å². The predicted octanol–water partition coefficient (Wildman–Crippen LogP) is 0.866. The molecule has 0 aromatic carbocycles. The zero-order valence-corrected chi connectivity index (χ0v) is 11.1. The monoisotopic (exact) mass is 264 g/mol. The van der Waals surface area contributed by atoms with Gasteiger partial charge in [0.15, 0.2) is 0 Å². The number of aromatic nitrogens is 1. The maximum atomic E-state index is 12.4. The van der Waals surface area contributed by atoms with E-state index in [1.807, 2.05) is 7.05 Å². The van der Waals surface area contributed by atoms with Crippen molar-refractivity contribution in [3.8, 4) is 0 Å². The Kier molecular flexibility index (Phi) is 4.70. The molecule has 6 nitrogen and oxygen atoms in total. The molecule has 1 amide bonds. The third-order valence-electron chi connectivity index (χ3n) is 3.43. The first-order valence-corrected chi connectivity index (χ1v) is 6.46. The van der Waals surface area contributed by atoms with Crippen LogP contribution >= 0.6 is 0 Å². The van der Waals surface area contributed by atoms with E-state index < -0.39 is 0 Å². The van der Waals surface area contributed by atoms with E-state index in [2.05, 4.69) is 10.4 Å². The Bertz CT molecular complexity index is 432. The van der Waals surface area contributed by atoms with Gasteiger partial charge in [0.2, 0.25) is 0 Å². The minimum atomic E-state index is -0.0625. The summed E-state index contributed by atoms with van der Waals surface area (Å²) >= 11 is 0. The second-order valence-corrected chi connectivity index (χ2v) is 4.81. The van der Waals surface area contributed by atoms with Gasteiger partial charge in [-0.25, -0.2) is 0 Å². The first-order chi connectivity index (χ1) is 9.22. The van der Waals surface area contributed by atoms with Crippen LogP contribution in [0.3, 0.4) is 0 Å². The highest BCUT2D eigenvalue weighted by atomic mass is 16.5. The van der Waals surface area contributed by atoms with Gasteiger partial charge < -0.3 is 15.1 Å². The second-order valence-electron chi connectivity index (χ2n) is 4.81. The highest BCUT2D eigenvalue weighted by Crippen LogP contribution is 2.18. The summed E-state index contributed by atoms with van der Waals surface area (Å²) in [6, 6.07) is 1.69. The van der Waals surface area contributed by atoms with Crippen LogP contribution < -0.4 is 11.3 Å². The highest BCUT2D eigenvalue weighted by molar-refractivity contribution is 5.99. The van der Waals surface area contributed by atoms with Crippen LogP contribution in [0.5, 0.6) is 0 Å². The Labute approximate surface area is 112 Å².